The minimum atomic E-state index is 0.289. The smallest absolute Gasteiger partial charge is 0.119 e. The molecule has 0 saturated heterocycles. The van der Waals surface area contributed by atoms with Crippen molar-refractivity contribution in [2.24, 2.45) is 0 Å². The molecule has 0 bridgehead atoms. The van der Waals surface area contributed by atoms with E-state index in [2.05, 4.69) is 57.3 Å². The monoisotopic (exact) mass is 221 g/mol. The Hall–Kier alpha value is -1.02. The van der Waals surface area contributed by atoms with Gasteiger partial charge in [0.2, 0.25) is 0 Å². The van der Waals surface area contributed by atoms with Gasteiger partial charge in [-0.15, -0.1) is 0 Å². The largest absolute Gasteiger partial charge is 0.491 e. The minimum absolute atomic E-state index is 0.289. The molecule has 1 aromatic rings. The van der Waals surface area contributed by atoms with Crippen molar-refractivity contribution in [3.63, 3.8) is 0 Å². The fraction of sp³-hybridized carbons (Fsp3) is 0.571. The number of rotatable bonds is 6. The predicted molar refractivity (Wildman–Crippen MR) is 68.9 cm³/mol. The average molecular weight is 221 g/mol. The summed E-state index contributed by atoms with van der Waals surface area (Å²) in [7, 11) is 0. The van der Waals surface area contributed by atoms with Gasteiger partial charge in [-0.25, -0.2) is 0 Å². The van der Waals surface area contributed by atoms with Crippen molar-refractivity contribution in [1.82, 2.24) is 5.32 Å². The highest BCUT2D eigenvalue weighted by molar-refractivity contribution is 5.29. The first-order valence-electron chi connectivity index (χ1n) is 6.17. The summed E-state index contributed by atoms with van der Waals surface area (Å²) in [6, 6.07) is 8.77. The summed E-state index contributed by atoms with van der Waals surface area (Å²) >= 11 is 0. The first-order valence-corrected chi connectivity index (χ1v) is 6.17. The quantitative estimate of drug-likeness (QED) is 0.793. The van der Waals surface area contributed by atoms with E-state index >= 15 is 0 Å². The van der Waals surface area contributed by atoms with Gasteiger partial charge in [0.15, 0.2) is 0 Å². The molecule has 0 aliphatic carbocycles. The van der Waals surface area contributed by atoms with Crippen molar-refractivity contribution in [3.8, 4) is 5.75 Å². The Labute approximate surface area is 99.0 Å². The van der Waals surface area contributed by atoms with Gasteiger partial charge in [-0.3, -0.25) is 0 Å². The van der Waals surface area contributed by atoms with E-state index in [4.69, 9.17) is 4.74 Å². The lowest BCUT2D eigenvalue weighted by Gasteiger charge is -2.15. The normalized spacial score (nSPS) is 14.5. The van der Waals surface area contributed by atoms with Crippen LogP contribution < -0.4 is 10.1 Å². The Balaban J connectivity index is 2.60. The molecular formula is C14H23NO. The van der Waals surface area contributed by atoms with Crippen LogP contribution in [0.2, 0.25) is 0 Å². The zero-order chi connectivity index (χ0) is 12.0. The van der Waals surface area contributed by atoms with Gasteiger partial charge in [-0.2, -0.15) is 0 Å². The first kappa shape index (κ1) is 13.0. The fourth-order valence-corrected chi connectivity index (χ4v) is 1.57. The van der Waals surface area contributed by atoms with E-state index in [0.29, 0.717) is 6.04 Å². The van der Waals surface area contributed by atoms with Crippen molar-refractivity contribution >= 4 is 0 Å². The molecule has 0 unspecified atom stereocenters. The summed E-state index contributed by atoms with van der Waals surface area (Å²) in [5.74, 6) is 0.960. The molecule has 0 aliphatic rings. The molecule has 2 heteroatoms. The van der Waals surface area contributed by atoms with Crippen LogP contribution in [0.3, 0.4) is 0 Å². The Morgan fingerprint density at radius 2 is 1.75 bits per heavy atom. The summed E-state index contributed by atoms with van der Waals surface area (Å²) in [5.41, 5.74) is 1.30. The van der Waals surface area contributed by atoms with Gasteiger partial charge in [0.05, 0.1) is 6.10 Å². The zero-order valence-electron chi connectivity index (χ0n) is 10.8. The van der Waals surface area contributed by atoms with Crippen molar-refractivity contribution in [2.75, 3.05) is 6.54 Å². The predicted octanol–water partition coefficient (Wildman–Crippen LogP) is 3.53. The summed E-state index contributed by atoms with van der Waals surface area (Å²) < 4.78 is 5.74. The molecule has 0 amide bonds. The molecule has 2 atom stereocenters. The Bertz CT molecular complexity index is 294. The van der Waals surface area contributed by atoms with Crippen LogP contribution >= 0.6 is 0 Å². The van der Waals surface area contributed by atoms with Crippen LogP contribution in [-0.4, -0.2) is 12.6 Å². The van der Waals surface area contributed by atoms with Gasteiger partial charge in [-0.05, 0) is 44.5 Å². The van der Waals surface area contributed by atoms with Gasteiger partial charge in [0.1, 0.15) is 5.75 Å². The van der Waals surface area contributed by atoms with Crippen molar-refractivity contribution < 1.29 is 4.74 Å². The molecule has 0 heterocycles. The molecule has 1 N–H and O–H groups in total. The number of nitrogens with one attached hydrogen (secondary N) is 1. The molecule has 0 aliphatic heterocycles. The van der Waals surface area contributed by atoms with Crippen LogP contribution in [0.25, 0.3) is 0 Å². The Morgan fingerprint density at radius 3 is 2.25 bits per heavy atom. The molecular weight excluding hydrogens is 198 g/mol. The highest BCUT2D eigenvalue weighted by atomic mass is 16.5. The van der Waals surface area contributed by atoms with Gasteiger partial charge in [0, 0.05) is 6.04 Å². The van der Waals surface area contributed by atoms with E-state index in [9.17, 15) is 0 Å². The lowest BCUT2D eigenvalue weighted by molar-refractivity contribution is 0.217. The van der Waals surface area contributed by atoms with Crippen LogP contribution in [0.5, 0.6) is 5.75 Å². The highest BCUT2D eigenvalue weighted by Gasteiger charge is 2.04. The summed E-state index contributed by atoms with van der Waals surface area (Å²) in [5, 5.41) is 3.39. The minimum Gasteiger partial charge on any atom is -0.491 e. The molecule has 90 valence electrons. The molecule has 1 aromatic carbocycles. The van der Waals surface area contributed by atoms with Crippen molar-refractivity contribution in [3.05, 3.63) is 29.8 Å². The van der Waals surface area contributed by atoms with Crippen LogP contribution in [0.1, 0.15) is 45.7 Å². The van der Waals surface area contributed by atoms with Gasteiger partial charge in [0.25, 0.3) is 0 Å². The van der Waals surface area contributed by atoms with Gasteiger partial charge >= 0.3 is 0 Å². The summed E-state index contributed by atoms with van der Waals surface area (Å²) in [6.07, 6.45) is 1.33. The lowest BCUT2D eigenvalue weighted by Crippen LogP contribution is -2.17. The van der Waals surface area contributed by atoms with Crippen LogP contribution in [0, 0.1) is 0 Å². The number of benzene rings is 1. The van der Waals surface area contributed by atoms with E-state index < -0.39 is 0 Å². The van der Waals surface area contributed by atoms with Crippen LogP contribution in [0.15, 0.2) is 24.3 Å². The number of hydrogen-bond acceptors (Lipinski definition) is 2. The third kappa shape index (κ3) is 3.86. The first-order chi connectivity index (χ1) is 7.67. The van der Waals surface area contributed by atoms with Crippen LogP contribution in [0.4, 0.5) is 0 Å². The molecule has 1 rings (SSSR count). The number of ether oxygens (including phenoxy) is 1. The third-order valence-corrected chi connectivity index (χ3v) is 2.80. The van der Waals surface area contributed by atoms with E-state index in [1.807, 2.05) is 0 Å². The van der Waals surface area contributed by atoms with Gasteiger partial charge < -0.3 is 10.1 Å². The van der Waals surface area contributed by atoms with Crippen LogP contribution in [-0.2, 0) is 0 Å². The second-order valence-electron chi connectivity index (χ2n) is 4.19. The van der Waals surface area contributed by atoms with E-state index in [0.717, 1.165) is 18.7 Å². The van der Waals surface area contributed by atoms with Gasteiger partial charge in [-0.1, -0.05) is 26.0 Å². The fourth-order valence-electron chi connectivity index (χ4n) is 1.57. The molecule has 2 nitrogen and oxygen atoms in total. The third-order valence-electron chi connectivity index (χ3n) is 2.80. The standard InChI is InChI=1S/C14H23NO/c1-5-11(3)16-14-9-7-13(8-10-14)12(4)15-6-2/h7-12,15H,5-6H2,1-4H3/t11-,12+/m1/s1. The highest BCUT2D eigenvalue weighted by Crippen LogP contribution is 2.18. The Kier molecular flexibility index (Phi) is 5.33. The Morgan fingerprint density at radius 1 is 1.12 bits per heavy atom. The van der Waals surface area contributed by atoms with E-state index in [1.165, 1.54) is 5.56 Å². The van der Waals surface area contributed by atoms with E-state index in [-0.39, 0.29) is 6.10 Å². The maximum Gasteiger partial charge on any atom is 0.119 e. The number of hydrogen-bond donors (Lipinski definition) is 1. The SMILES string of the molecule is CCN[C@@H](C)c1ccc(O[C@H](C)CC)cc1. The average Bonchev–Trinajstić information content (AvgIpc) is 2.30. The molecule has 0 aromatic heterocycles. The molecule has 0 radical (unpaired) electrons. The lowest BCUT2D eigenvalue weighted by atomic mass is 10.1. The maximum atomic E-state index is 5.74. The molecule has 0 fully saturated rings. The zero-order valence-corrected chi connectivity index (χ0v) is 10.8. The summed E-state index contributed by atoms with van der Waals surface area (Å²) in [4.78, 5) is 0. The van der Waals surface area contributed by atoms with E-state index in [1.54, 1.807) is 0 Å². The second kappa shape index (κ2) is 6.54. The summed E-state index contributed by atoms with van der Waals surface area (Å²) in [6.45, 7) is 9.51. The maximum absolute atomic E-state index is 5.74. The second-order valence-corrected chi connectivity index (χ2v) is 4.19. The topological polar surface area (TPSA) is 21.3 Å². The van der Waals surface area contributed by atoms with Crippen molar-refractivity contribution in [1.29, 1.82) is 0 Å². The molecule has 16 heavy (non-hydrogen) atoms. The van der Waals surface area contributed by atoms with Crippen molar-refractivity contribution in [2.45, 2.75) is 46.3 Å². The molecule has 0 spiro atoms. The molecule has 0 saturated carbocycles.